The zero-order valence-electron chi connectivity index (χ0n) is 18.0. The van der Waals surface area contributed by atoms with Gasteiger partial charge in [0.15, 0.2) is 0 Å². The van der Waals surface area contributed by atoms with Crippen LogP contribution in [0.4, 0.5) is 0 Å². The van der Waals surface area contributed by atoms with Gasteiger partial charge in [-0.05, 0) is 61.9 Å². The van der Waals surface area contributed by atoms with Crippen molar-refractivity contribution < 1.29 is 0 Å². The third kappa shape index (κ3) is 3.45. The van der Waals surface area contributed by atoms with Gasteiger partial charge >= 0.3 is 0 Å². The number of hydrogen-bond acceptors (Lipinski definition) is 5. The van der Waals surface area contributed by atoms with E-state index in [4.69, 9.17) is 4.98 Å². The van der Waals surface area contributed by atoms with Gasteiger partial charge in [-0.2, -0.15) is 10.5 Å². The number of pyridine rings is 2. The highest BCUT2D eigenvalue weighted by atomic mass is 15.1. The van der Waals surface area contributed by atoms with Gasteiger partial charge in [-0.25, -0.2) is 4.98 Å². The van der Waals surface area contributed by atoms with E-state index in [0.717, 1.165) is 50.1 Å². The largest absolute Gasteiger partial charge is 0.296 e. The average Bonchev–Trinajstić information content (AvgIpc) is 3.19. The van der Waals surface area contributed by atoms with Crippen LogP contribution in [0, 0.1) is 48.4 Å². The molecule has 154 valence electrons. The van der Waals surface area contributed by atoms with Crippen LogP contribution in [0.25, 0.3) is 27.6 Å². The highest BCUT2D eigenvalue weighted by molar-refractivity contribution is 6.03. The van der Waals surface area contributed by atoms with Crippen LogP contribution >= 0.6 is 0 Å². The standard InChI is InChI=1S/C27H16N6/c1-17-10-22(12-21(13-28)24(17)14-29)33-18(2)32-26-16-31-25-8-7-19(11-23(25)27(26)33)5-6-20-4-3-9-30-15-20/h3-4,7-12,15-16H,1-2H3. The first-order chi connectivity index (χ1) is 16.1. The maximum Gasteiger partial charge on any atom is 0.111 e. The molecule has 3 aromatic heterocycles. The second-order valence-corrected chi connectivity index (χ2v) is 7.62. The molecule has 33 heavy (non-hydrogen) atoms. The number of fused-ring (bicyclic) bond motifs is 3. The SMILES string of the molecule is Cc1cc(-n2c(C)nc3cnc4ccc(C#Cc5cccnc5)cc4c32)cc(C#N)c1C#N. The Morgan fingerprint density at radius 3 is 2.48 bits per heavy atom. The number of nitriles is 2. The van der Waals surface area contributed by atoms with Gasteiger partial charge < -0.3 is 0 Å². The van der Waals surface area contributed by atoms with Crippen LogP contribution < -0.4 is 0 Å². The Balaban J connectivity index is 1.76. The summed E-state index contributed by atoms with van der Waals surface area (Å²) >= 11 is 0. The van der Waals surface area contributed by atoms with Crippen LogP contribution in [0.3, 0.4) is 0 Å². The molecule has 0 unspecified atom stereocenters. The molecule has 3 heterocycles. The minimum Gasteiger partial charge on any atom is -0.296 e. The van der Waals surface area contributed by atoms with Crippen LogP contribution in [0.1, 0.15) is 33.6 Å². The van der Waals surface area contributed by atoms with Gasteiger partial charge in [-0.1, -0.05) is 11.8 Å². The molecule has 0 saturated carbocycles. The molecule has 2 aromatic carbocycles. The van der Waals surface area contributed by atoms with Gasteiger partial charge in [0.2, 0.25) is 0 Å². The first-order valence-electron chi connectivity index (χ1n) is 10.2. The van der Waals surface area contributed by atoms with Gasteiger partial charge in [0.1, 0.15) is 23.5 Å². The van der Waals surface area contributed by atoms with E-state index in [2.05, 4.69) is 33.9 Å². The van der Waals surface area contributed by atoms with Crippen molar-refractivity contribution in [3.63, 3.8) is 0 Å². The van der Waals surface area contributed by atoms with Crippen molar-refractivity contribution in [2.45, 2.75) is 13.8 Å². The molecule has 5 rings (SSSR count). The van der Waals surface area contributed by atoms with Crippen LogP contribution in [0.2, 0.25) is 0 Å². The highest BCUT2D eigenvalue weighted by Gasteiger charge is 2.16. The van der Waals surface area contributed by atoms with Crippen LogP contribution in [0.15, 0.2) is 61.1 Å². The maximum absolute atomic E-state index is 9.58. The van der Waals surface area contributed by atoms with E-state index in [0.29, 0.717) is 11.1 Å². The minimum absolute atomic E-state index is 0.343. The summed E-state index contributed by atoms with van der Waals surface area (Å²) in [7, 11) is 0. The Labute approximate surface area is 190 Å². The summed E-state index contributed by atoms with van der Waals surface area (Å²) in [5.41, 5.74) is 6.40. The molecular formula is C27H16N6. The van der Waals surface area contributed by atoms with Crippen LogP contribution in [-0.2, 0) is 0 Å². The monoisotopic (exact) mass is 424 g/mol. The first kappa shape index (κ1) is 19.9. The number of rotatable bonds is 1. The van der Waals surface area contributed by atoms with Crippen molar-refractivity contribution in [1.82, 2.24) is 19.5 Å². The molecule has 5 aromatic rings. The summed E-state index contributed by atoms with van der Waals surface area (Å²) in [6.07, 6.45) is 5.20. The van der Waals surface area contributed by atoms with Crippen LogP contribution in [-0.4, -0.2) is 19.5 Å². The van der Waals surface area contributed by atoms with Gasteiger partial charge in [-0.15, -0.1) is 0 Å². The number of hydrogen-bond donors (Lipinski definition) is 0. The zero-order valence-corrected chi connectivity index (χ0v) is 18.0. The van der Waals surface area contributed by atoms with Gasteiger partial charge in [0.25, 0.3) is 0 Å². The van der Waals surface area contributed by atoms with Crippen molar-refractivity contribution in [2.75, 3.05) is 0 Å². The summed E-state index contributed by atoms with van der Waals surface area (Å²) < 4.78 is 2.01. The van der Waals surface area contributed by atoms with Crippen molar-refractivity contribution in [3.8, 4) is 29.7 Å². The summed E-state index contributed by atoms with van der Waals surface area (Å²) in [6, 6.07) is 17.6. The lowest BCUT2D eigenvalue weighted by Gasteiger charge is -2.11. The molecule has 0 atom stereocenters. The van der Waals surface area contributed by atoms with Crippen molar-refractivity contribution in [3.05, 3.63) is 94.7 Å². The molecule has 0 N–H and O–H groups in total. The van der Waals surface area contributed by atoms with E-state index in [9.17, 15) is 10.5 Å². The lowest BCUT2D eigenvalue weighted by atomic mass is 10.0. The Kier molecular flexibility index (Phi) is 4.79. The van der Waals surface area contributed by atoms with E-state index in [1.54, 1.807) is 24.7 Å². The minimum atomic E-state index is 0.343. The van der Waals surface area contributed by atoms with E-state index in [1.165, 1.54) is 0 Å². The smallest absolute Gasteiger partial charge is 0.111 e. The van der Waals surface area contributed by atoms with Gasteiger partial charge in [-0.3, -0.25) is 14.5 Å². The van der Waals surface area contributed by atoms with E-state index >= 15 is 0 Å². The molecular weight excluding hydrogens is 408 g/mol. The molecule has 0 spiro atoms. The van der Waals surface area contributed by atoms with Crippen molar-refractivity contribution in [1.29, 1.82) is 10.5 Å². The van der Waals surface area contributed by atoms with E-state index < -0.39 is 0 Å². The normalized spacial score (nSPS) is 10.4. The van der Waals surface area contributed by atoms with E-state index in [1.807, 2.05) is 54.8 Å². The zero-order chi connectivity index (χ0) is 22.9. The summed E-state index contributed by atoms with van der Waals surface area (Å²) in [6.45, 7) is 3.75. The third-order valence-electron chi connectivity index (χ3n) is 5.47. The molecule has 6 heteroatoms. The second kappa shape index (κ2) is 7.93. The summed E-state index contributed by atoms with van der Waals surface area (Å²) in [5, 5.41) is 19.9. The number of benzene rings is 2. The fraction of sp³-hybridized carbons (Fsp3) is 0.0741. The molecule has 0 aliphatic heterocycles. The third-order valence-corrected chi connectivity index (χ3v) is 5.47. The molecule has 0 amide bonds. The Bertz CT molecular complexity index is 1700. The summed E-state index contributed by atoms with van der Waals surface area (Å²) in [5.74, 6) is 7.10. The predicted octanol–water partition coefficient (Wildman–Crippen LogP) is 4.73. The number of nitrogens with zero attached hydrogens (tertiary/aromatic N) is 6. The number of aromatic nitrogens is 4. The maximum atomic E-state index is 9.58. The quantitative estimate of drug-likeness (QED) is 0.363. The first-order valence-corrected chi connectivity index (χ1v) is 10.2. The van der Waals surface area contributed by atoms with Gasteiger partial charge in [0.05, 0.1) is 28.4 Å². The fourth-order valence-electron chi connectivity index (χ4n) is 3.98. The second-order valence-electron chi connectivity index (χ2n) is 7.62. The molecule has 0 saturated heterocycles. The van der Waals surface area contributed by atoms with E-state index in [-0.39, 0.29) is 0 Å². The predicted molar refractivity (Wildman–Crippen MR) is 125 cm³/mol. The molecule has 0 fully saturated rings. The van der Waals surface area contributed by atoms with Crippen molar-refractivity contribution >= 4 is 21.9 Å². The molecule has 0 aliphatic rings. The lowest BCUT2D eigenvalue weighted by molar-refractivity contribution is 0.999. The molecule has 0 bridgehead atoms. The summed E-state index contributed by atoms with van der Waals surface area (Å²) in [4.78, 5) is 13.4. The Hall–Kier alpha value is -4.99. The fourth-order valence-corrected chi connectivity index (χ4v) is 3.98. The Morgan fingerprint density at radius 2 is 1.73 bits per heavy atom. The average molecular weight is 424 g/mol. The Morgan fingerprint density at radius 1 is 0.879 bits per heavy atom. The molecule has 0 radical (unpaired) electrons. The number of imidazole rings is 1. The topological polar surface area (TPSA) is 91.2 Å². The van der Waals surface area contributed by atoms with Crippen molar-refractivity contribution in [2.24, 2.45) is 0 Å². The molecule has 6 nitrogen and oxygen atoms in total. The lowest BCUT2D eigenvalue weighted by Crippen LogP contribution is -2.01. The molecule has 0 aliphatic carbocycles. The highest BCUT2D eigenvalue weighted by Crippen LogP contribution is 2.30. The van der Waals surface area contributed by atoms with Crippen LogP contribution in [0.5, 0.6) is 0 Å². The number of aryl methyl sites for hydroxylation is 2. The van der Waals surface area contributed by atoms with Gasteiger partial charge in [0, 0.05) is 34.6 Å².